The third kappa shape index (κ3) is 5.21. The summed E-state index contributed by atoms with van der Waals surface area (Å²) in [5, 5.41) is 9.38. The Labute approximate surface area is 157 Å². The largest absolute Gasteiger partial charge is 0.494 e. The molecule has 0 radical (unpaired) electrons. The topological polar surface area (TPSA) is 59.0 Å². The zero-order chi connectivity index (χ0) is 18.8. The summed E-state index contributed by atoms with van der Waals surface area (Å²) in [5.41, 5.74) is 11.6. The van der Waals surface area contributed by atoms with Gasteiger partial charge < -0.3 is 10.5 Å². The fourth-order valence-electron chi connectivity index (χ4n) is 3.16. The van der Waals surface area contributed by atoms with E-state index in [1.807, 2.05) is 19.1 Å². The van der Waals surface area contributed by atoms with Gasteiger partial charge in [0.25, 0.3) is 0 Å². The molecule has 3 heteroatoms. The van der Waals surface area contributed by atoms with Gasteiger partial charge in [-0.05, 0) is 66.3 Å². The second-order valence-corrected chi connectivity index (χ2v) is 6.23. The zero-order valence-electron chi connectivity index (χ0n) is 15.8. The summed E-state index contributed by atoms with van der Waals surface area (Å²) in [6.45, 7) is 5.35. The summed E-state index contributed by atoms with van der Waals surface area (Å²) >= 11 is 0. The van der Waals surface area contributed by atoms with Crippen LogP contribution in [0.5, 0.6) is 5.75 Å². The van der Waals surface area contributed by atoms with Crippen LogP contribution in [-0.4, -0.2) is 13.2 Å². The van der Waals surface area contributed by atoms with Crippen LogP contribution >= 0.6 is 0 Å². The number of benzene rings is 2. The van der Waals surface area contributed by atoms with Crippen molar-refractivity contribution in [2.45, 2.75) is 39.5 Å². The summed E-state index contributed by atoms with van der Waals surface area (Å²) in [7, 11) is 0. The highest BCUT2D eigenvalue weighted by Crippen LogP contribution is 2.32. The number of allylic oxidation sites excluding steroid dienone is 1. The average Bonchev–Trinajstić information content (AvgIpc) is 2.67. The van der Waals surface area contributed by atoms with Gasteiger partial charge in [-0.15, -0.1) is 0 Å². The van der Waals surface area contributed by atoms with E-state index in [2.05, 4.69) is 49.4 Å². The van der Waals surface area contributed by atoms with Crippen LogP contribution in [0.2, 0.25) is 0 Å². The lowest BCUT2D eigenvalue weighted by molar-refractivity contribution is 0.340. The molecule has 3 nitrogen and oxygen atoms in total. The Bertz CT molecular complexity index is 752. The number of hydrogen-bond acceptors (Lipinski definition) is 3. The standard InChI is InChI=1S/C23H28N2O/c1-3-5-18-6-8-19(9-7-18)22(14-16-24)23(15-17-25)20-10-12-21(13-11-20)26-4-2/h6-13H,3-5,14-15,17,25H2,1-2H3/b23-22+. The van der Waals surface area contributed by atoms with Crippen molar-refractivity contribution in [3.05, 3.63) is 65.2 Å². The van der Waals surface area contributed by atoms with Crippen LogP contribution in [0.3, 0.4) is 0 Å². The summed E-state index contributed by atoms with van der Waals surface area (Å²) in [6, 6.07) is 19.0. The number of ether oxygens (including phenoxy) is 1. The number of nitrogens with zero attached hydrogens (tertiary/aromatic N) is 1. The number of aryl methyl sites for hydroxylation is 1. The average molecular weight is 348 g/mol. The van der Waals surface area contributed by atoms with Gasteiger partial charge in [-0.2, -0.15) is 5.26 Å². The Morgan fingerprint density at radius 3 is 2.12 bits per heavy atom. The molecule has 0 atom stereocenters. The lowest BCUT2D eigenvalue weighted by atomic mass is 9.90. The smallest absolute Gasteiger partial charge is 0.119 e. The molecular weight excluding hydrogens is 320 g/mol. The number of hydrogen-bond donors (Lipinski definition) is 1. The minimum atomic E-state index is 0.371. The maximum atomic E-state index is 9.38. The third-order valence-electron chi connectivity index (χ3n) is 4.37. The molecule has 0 fully saturated rings. The molecule has 2 rings (SSSR count). The molecule has 2 aromatic rings. The molecule has 0 saturated heterocycles. The summed E-state index contributed by atoms with van der Waals surface area (Å²) in [6.07, 6.45) is 3.31. The van der Waals surface area contributed by atoms with E-state index in [4.69, 9.17) is 10.5 Å². The highest BCUT2D eigenvalue weighted by Gasteiger charge is 2.12. The van der Waals surface area contributed by atoms with E-state index in [-0.39, 0.29) is 0 Å². The van der Waals surface area contributed by atoms with Crippen LogP contribution in [0.25, 0.3) is 11.1 Å². The monoisotopic (exact) mass is 348 g/mol. The van der Waals surface area contributed by atoms with Gasteiger partial charge in [0.1, 0.15) is 5.75 Å². The molecule has 0 unspecified atom stereocenters. The fraction of sp³-hybridized carbons (Fsp3) is 0.348. The molecule has 0 heterocycles. The first-order valence-electron chi connectivity index (χ1n) is 9.35. The van der Waals surface area contributed by atoms with E-state index in [1.165, 1.54) is 5.56 Å². The first-order valence-corrected chi connectivity index (χ1v) is 9.35. The SMILES string of the molecule is CCCc1ccc(/C(CC#N)=C(\CCN)c2ccc(OCC)cc2)cc1. The predicted octanol–water partition coefficient (Wildman–Crippen LogP) is 5.21. The van der Waals surface area contributed by atoms with Crippen LogP contribution in [0.4, 0.5) is 0 Å². The van der Waals surface area contributed by atoms with Crippen LogP contribution in [0.1, 0.15) is 49.8 Å². The molecule has 0 aliphatic rings. The van der Waals surface area contributed by atoms with Crippen molar-refractivity contribution in [1.82, 2.24) is 0 Å². The quantitative estimate of drug-likeness (QED) is 0.633. The molecule has 0 aromatic heterocycles. The fourth-order valence-corrected chi connectivity index (χ4v) is 3.16. The van der Waals surface area contributed by atoms with E-state index in [9.17, 15) is 5.26 Å². The second kappa shape index (κ2) is 10.4. The first kappa shape index (κ1) is 19.8. The van der Waals surface area contributed by atoms with Gasteiger partial charge in [0.05, 0.1) is 19.1 Å². The van der Waals surface area contributed by atoms with Gasteiger partial charge >= 0.3 is 0 Å². The number of nitriles is 1. The van der Waals surface area contributed by atoms with Crippen molar-refractivity contribution in [2.75, 3.05) is 13.2 Å². The van der Waals surface area contributed by atoms with Crippen molar-refractivity contribution in [3.8, 4) is 11.8 Å². The van der Waals surface area contributed by atoms with Crippen LogP contribution in [0, 0.1) is 11.3 Å². The van der Waals surface area contributed by atoms with Gasteiger partial charge in [-0.1, -0.05) is 49.7 Å². The van der Waals surface area contributed by atoms with E-state index < -0.39 is 0 Å². The van der Waals surface area contributed by atoms with Gasteiger partial charge in [-0.25, -0.2) is 0 Å². The van der Waals surface area contributed by atoms with E-state index in [0.717, 1.165) is 47.3 Å². The summed E-state index contributed by atoms with van der Waals surface area (Å²) in [4.78, 5) is 0. The molecule has 0 spiro atoms. The first-order chi connectivity index (χ1) is 12.7. The lowest BCUT2D eigenvalue weighted by Crippen LogP contribution is -2.03. The molecule has 2 N–H and O–H groups in total. The minimum Gasteiger partial charge on any atom is -0.494 e. The maximum absolute atomic E-state index is 9.38. The normalized spacial score (nSPS) is 11.6. The predicted molar refractivity (Wildman–Crippen MR) is 109 cm³/mol. The van der Waals surface area contributed by atoms with E-state index in [0.29, 0.717) is 19.6 Å². The third-order valence-corrected chi connectivity index (χ3v) is 4.37. The maximum Gasteiger partial charge on any atom is 0.119 e. The van der Waals surface area contributed by atoms with Gasteiger partial charge in [-0.3, -0.25) is 0 Å². The van der Waals surface area contributed by atoms with Crippen molar-refractivity contribution in [1.29, 1.82) is 5.26 Å². The zero-order valence-corrected chi connectivity index (χ0v) is 15.8. The Balaban J connectivity index is 2.46. The Hall–Kier alpha value is -2.57. The molecule has 0 bridgehead atoms. The lowest BCUT2D eigenvalue weighted by Gasteiger charge is -2.15. The number of rotatable bonds is 9. The van der Waals surface area contributed by atoms with Crippen LogP contribution in [-0.2, 0) is 6.42 Å². The molecule has 136 valence electrons. The second-order valence-electron chi connectivity index (χ2n) is 6.23. The molecule has 0 aliphatic heterocycles. The molecule has 0 aliphatic carbocycles. The number of nitrogens with two attached hydrogens (primary N) is 1. The van der Waals surface area contributed by atoms with Crippen molar-refractivity contribution in [2.24, 2.45) is 5.73 Å². The van der Waals surface area contributed by atoms with Crippen molar-refractivity contribution in [3.63, 3.8) is 0 Å². The molecule has 26 heavy (non-hydrogen) atoms. The Morgan fingerprint density at radius 1 is 0.962 bits per heavy atom. The summed E-state index contributed by atoms with van der Waals surface area (Å²) in [5.74, 6) is 0.856. The molecule has 2 aromatic carbocycles. The minimum absolute atomic E-state index is 0.371. The van der Waals surface area contributed by atoms with Gasteiger partial charge in [0, 0.05) is 0 Å². The van der Waals surface area contributed by atoms with Crippen molar-refractivity contribution >= 4 is 11.1 Å². The van der Waals surface area contributed by atoms with Crippen molar-refractivity contribution < 1.29 is 4.74 Å². The molecule has 0 amide bonds. The highest BCUT2D eigenvalue weighted by atomic mass is 16.5. The molecular formula is C23H28N2O. The Kier molecular flexibility index (Phi) is 7.92. The van der Waals surface area contributed by atoms with Gasteiger partial charge in [0.15, 0.2) is 0 Å². The van der Waals surface area contributed by atoms with Gasteiger partial charge in [0.2, 0.25) is 0 Å². The molecule has 0 saturated carbocycles. The highest BCUT2D eigenvalue weighted by molar-refractivity contribution is 5.91. The summed E-state index contributed by atoms with van der Waals surface area (Å²) < 4.78 is 5.54. The van der Waals surface area contributed by atoms with E-state index >= 15 is 0 Å². The van der Waals surface area contributed by atoms with Crippen LogP contribution < -0.4 is 10.5 Å². The Morgan fingerprint density at radius 2 is 1.58 bits per heavy atom. The van der Waals surface area contributed by atoms with Crippen LogP contribution in [0.15, 0.2) is 48.5 Å². The van der Waals surface area contributed by atoms with E-state index in [1.54, 1.807) is 0 Å².